The maximum absolute atomic E-state index is 12.9. The number of imide groups is 1. The van der Waals surface area contributed by atoms with E-state index in [4.69, 9.17) is 0 Å². The summed E-state index contributed by atoms with van der Waals surface area (Å²) in [5.74, 6) is -1.23. The zero-order valence-electron chi connectivity index (χ0n) is 13.4. The Morgan fingerprint density at radius 3 is 2.52 bits per heavy atom. The van der Waals surface area contributed by atoms with Crippen LogP contribution < -0.4 is 5.32 Å². The molecule has 2 atom stereocenters. The molecule has 2 heterocycles. The number of rotatable bonds is 1. The molecule has 0 aromatic heterocycles. The Bertz CT molecular complexity index is 705. The first-order valence-electron chi connectivity index (χ1n) is 7.69. The normalized spacial score (nSPS) is 24.7. The van der Waals surface area contributed by atoms with Crippen molar-refractivity contribution in [1.29, 1.82) is 0 Å². The Kier molecular flexibility index (Phi) is 3.52. The number of piperidine rings is 1. The fourth-order valence-corrected chi connectivity index (χ4v) is 3.30. The molecule has 0 spiro atoms. The molecule has 0 bridgehead atoms. The highest BCUT2D eigenvalue weighted by molar-refractivity contribution is 6.06. The first kappa shape index (κ1) is 15.7. The monoisotopic (exact) mass is 316 g/mol. The molecule has 1 saturated heterocycles. The SMILES string of the molecule is CC(C)(C)c1cccc2c1C(=O)N(C1CCC(=O)NC1=O)C2O. The number of fused-ring (bicyclic) bond motifs is 1. The van der Waals surface area contributed by atoms with E-state index in [1.807, 2.05) is 32.9 Å². The number of nitrogens with one attached hydrogen (secondary N) is 1. The van der Waals surface area contributed by atoms with Gasteiger partial charge in [0.15, 0.2) is 6.23 Å². The number of hydrogen-bond donors (Lipinski definition) is 2. The predicted octanol–water partition coefficient (Wildman–Crippen LogP) is 1.24. The smallest absolute Gasteiger partial charge is 0.257 e. The lowest BCUT2D eigenvalue weighted by atomic mass is 9.82. The van der Waals surface area contributed by atoms with Crippen molar-refractivity contribution in [1.82, 2.24) is 10.2 Å². The van der Waals surface area contributed by atoms with Crippen LogP contribution in [0, 0.1) is 0 Å². The van der Waals surface area contributed by atoms with Gasteiger partial charge in [0.1, 0.15) is 6.04 Å². The summed E-state index contributed by atoms with van der Waals surface area (Å²) in [4.78, 5) is 37.5. The second kappa shape index (κ2) is 5.16. The Hall–Kier alpha value is -2.21. The highest BCUT2D eigenvalue weighted by atomic mass is 16.3. The molecular weight excluding hydrogens is 296 g/mol. The summed E-state index contributed by atoms with van der Waals surface area (Å²) < 4.78 is 0. The summed E-state index contributed by atoms with van der Waals surface area (Å²) in [5, 5.41) is 12.8. The first-order valence-corrected chi connectivity index (χ1v) is 7.69. The third-order valence-electron chi connectivity index (χ3n) is 4.44. The zero-order chi connectivity index (χ0) is 16.9. The van der Waals surface area contributed by atoms with Gasteiger partial charge in [0.05, 0.1) is 5.56 Å². The summed E-state index contributed by atoms with van der Waals surface area (Å²) in [5.41, 5.74) is 1.57. The van der Waals surface area contributed by atoms with E-state index >= 15 is 0 Å². The zero-order valence-corrected chi connectivity index (χ0v) is 13.4. The number of benzene rings is 1. The molecule has 6 nitrogen and oxygen atoms in total. The minimum Gasteiger partial charge on any atom is -0.369 e. The van der Waals surface area contributed by atoms with Crippen molar-refractivity contribution >= 4 is 17.7 Å². The molecule has 2 aliphatic rings. The first-order chi connectivity index (χ1) is 10.7. The molecule has 3 amide bonds. The van der Waals surface area contributed by atoms with E-state index in [9.17, 15) is 19.5 Å². The minimum absolute atomic E-state index is 0.162. The largest absolute Gasteiger partial charge is 0.369 e. The van der Waals surface area contributed by atoms with Crippen molar-refractivity contribution < 1.29 is 19.5 Å². The van der Waals surface area contributed by atoms with E-state index in [1.54, 1.807) is 6.07 Å². The van der Waals surface area contributed by atoms with Crippen molar-refractivity contribution in [2.24, 2.45) is 0 Å². The average molecular weight is 316 g/mol. The van der Waals surface area contributed by atoms with Gasteiger partial charge in [0, 0.05) is 12.0 Å². The molecule has 3 rings (SSSR count). The van der Waals surface area contributed by atoms with Gasteiger partial charge in [-0.1, -0.05) is 39.0 Å². The molecule has 23 heavy (non-hydrogen) atoms. The second-order valence-corrected chi connectivity index (χ2v) is 7.07. The minimum atomic E-state index is -1.16. The number of aliphatic hydroxyl groups is 1. The lowest BCUT2D eigenvalue weighted by molar-refractivity contribution is -0.139. The van der Waals surface area contributed by atoms with Crippen LogP contribution in [0.25, 0.3) is 0 Å². The fourth-order valence-electron chi connectivity index (χ4n) is 3.30. The van der Waals surface area contributed by atoms with Gasteiger partial charge >= 0.3 is 0 Å². The molecular formula is C17H20N2O4. The van der Waals surface area contributed by atoms with Crippen molar-refractivity contribution in [3.63, 3.8) is 0 Å². The Balaban J connectivity index is 2.03. The van der Waals surface area contributed by atoms with Crippen molar-refractivity contribution in [3.05, 3.63) is 34.9 Å². The fraction of sp³-hybridized carbons (Fsp3) is 0.471. The quantitative estimate of drug-likeness (QED) is 0.763. The van der Waals surface area contributed by atoms with Crippen LogP contribution in [0.4, 0.5) is 0 Å². The second-order valence-electron chi connectivity index (χ2n) is 7.07. The third kappa shape index (κ3) is 2.43. The molecule has 122 valence electrons. The van der Waals surface area contributed by atoms with Crippen LogP contribution in [0.3, 0.4) is 0 Å². The van der Waals surface area contributed by atoms with Crippen LogP contribution in [0.2, 0.25) is 0 Å². The predicted molar refractivity (Wildman–Crippen MR) is 82.4 cm³/mol. The van der Waals surface area contributed by atoms with Gasteiger partial charge in [-0.05, 0) is 17.4 Å². The lowest BCUT2D eigenvalue weighted by Crippen LogP contribution is -2.53. The molecule has 1 fully saturated rings. The molecule has 2 N–H and O–H groups in total. The van der Waals surface area contributed by atoms with Gasteiger partial charge in [-0.25, -0.2) is 0 Å². The van der Waals surface area contributed by atoms with Gasteiger partial charge in [-0.15, -0.1) is 0 Å². The third-order valence-corrected chi connectivity index (χ3v) is 4.44. The number of amides is 3. The van der Waals surface area contributed by atoms with E-state index in [2.05, 4.69) is 5.32 Å². The Morgan fingerprint density at radius 2 is 1.91 bits per heavy atom. The van der Waals surface area contributed by atoms with Crippen molar-refractivity contribution in [2.75, 3.05) is 0 Å². The average Bonchev–Trinajstić information content (AvgIpc) is 2.71. The van der Waals surface area contributed by atoms with Crippen LogP contribution in [0.5, 0.6) is 0 Å². The summed E-state index contributed by atoms with van der Waals surface area (Å²) in [6.45, 7) is 5.99. The summed E-state index contributed by atoms with van der Waals surface area (Å²) in [6.07, 6.45) is -0.773. The number of hydrogen-bond acceptors (Lipinski definition) is 4. The number of carbonyl (C=O) groups excluding carboxylic acids is 3. The van der Waals surface area contributed by atoms with Crippen molar-refractivity contribution in [3.8, 4) is 0 Å². The Morgan fingerprint density at radius 1 is 1.22 bits per heavy atom. The molecule has 0 saturated carbocycles. The molecule has 0 radical (unpaired) electrons. The summed E-state index contributed by atoms with van der Waals surface area (Å²) >= 11 is 0. The maximum Gasteiger partial charge on any atom is 0.257 e. The van der Waals surface area contributed by atoms with Gasteiger partial charge in [0.2, 0.25) is 11.8 Å². The highest BCUT2D eigenvalue weighted by Gasteiger charge is 2.46. The van der Waals surface area contributed by atoms with Crippen LogP contribution >= 0.6 is 0 Å². The standard InChI is InChI=1S/C17H20N2O4/c1-17(2,3)10-6-4-5-9-13(10)16(23)19(15(9)22)11-7-8-12(20)18-14(11)21/h4-6,11,15,22H,7-8H2,1-3H3,(H,18,20,21). The number of aliphatic hydroxyl groups excluding tert-OH is 1. The van der Waals surface area contributed by atoms with E-state index in [1.165, 1.54) is 4.90 Å². The van der Waals surface area contributed by atoms with Gasteiger partial charge in [0.25, 0.3) is 5.91 Å². The van der Waals surface area contributed by atoms with Crippen LogP contribution in [0.15, 0.2) is 18.2 Å². The highest BCUT2D eigenvalue weighted by Crippen LogP contribution is 2.40. The molecule has 6 heteroatoms. The van der Waals surface area contributed by atoms with E-state index in [-0.39, 0.29) is 30.1 Å². The van der Waals surface area contributed by atoms with Gasteiger partial charge < -0.3 is 5.11 Å². The van der Waals surface area contributed by atoms with Crippen LogP contribution in [-0.2, 0) is 15.0 Å². The van der Waals surface area contributed by atoms with Crippen LogP contribution in [0.1, 0.15) is 61.3 Å². The number of nitrogens with zero attached hydrogens (tertiary/aromatic N) is 1. The van der Waals surface area contributed by atoms with E-state index in [0.717, 1.165) is 5.56 Å². The van der Waals surface area contributed by atoms with Crippen molar-refractivity contribution in [2.45, 2.75) is 51.3 Å². The molecule has 2 unspecified atom stereocenters. The van der Waals surface area contributed by atoms with Gasteiger partial charge in [-0.3, -0.25) is 24.6 Å². The van der Waals surface area contributed by atoms with E-state index in [0.29, 0.717) is 11.1 Å². The molecule has 1 aromatic rings. The topological polar surface area (TPSA) is 86.7 Å². The van der Waals surface area contributed by atoms with Crippen LogP contribution in [-0.4, -0.2) is 33.8 Å². The number of carbonyl (C=O) groups is 3. The Labute approximate surface area is 134 Å². The van der Waals surface area contributed by atoms with E-state index < -0.39 is 18.2 Å². The molecule has 0 aliphatic carbocycles. The van der Waals surface area contributed by atoms with Gasteiger partial charge in [-0.2, -0.15) is 0 Å². The molecule has 2 aliphatic heterocycles. The molecule has 1 aromatic carbocycles. The summed E-state index contributed by atoms with van der Waals surface area (Å²) in [6, 6.07) is 4.57. The summed E-state index contributed by atoms with van der Waals surface area (Å²) in [7, 11) is 0. The maximum atomic E-state index is 12.9. The lowest BCUT2D eigenvalue weighted by Gasteiger charge is -2.32.